The third-order valence-electron chi connectivity index (χ3n) is 3.06. The molecule has 16 heavy (non-hydrogen) atoms. The first kappa shape index (κ1) is 11.5. The van der Waals surface area contributed by atoms with Crippen LogP contribution in [0.25, 0.3) is 0 Å². The Labute approximate surface area is 98.0 Å². The van der Waals surface area contributed by atoms with Crippen molar-refractivity contribution in [2.24, 2.45) is 0 Å². The summed E-state index contributed by atoms with van der Waals surface area (Å²) in [5.41, 5.74) is 2.72. The quantitative estimate of drug-likeness (QED) is 0.839. The molecule has 0 amide bonds. The minimum Gasteiger partial charge on any atom is -0.380 e. The highest BCUT2D eigenvalue weighted by atomic mass is 16.5. The van der Waals surface area contributed by atoms with Crippen LogP contribution in [0.4, 0.5) is 5.69 Å². The third kappa shape index (κ3) is 2.99. The van der Waals surface area contributed by atoms with Crippen molar-refractivity contribution in [2.75, 3.05) is 18.5 Å². The summed E-state index contributed by atoms with van der Waals surface area (Å²) < 4.78 is 5.49. The van der Waals surface area contributed by atoms with Crippen molar-refractivity contribution in [3.8, 4) is 0 Å². The van der Waals surface area contributed by atoms with Gasteiger partial charge in [0.1, 0.15) is 0 Å². The van der Waals surface area contributed by atoms with Gasteiger partial charge in [0.25, 0.3) is 0 Å². The van der Waals surface area contributed by atoms with Crippen LogP contribution in [0.2, 0.25) is 0 Å². The summed E-state index contributed by atoms with van der Waals surface area (Å²) in [6, 6.07) is 9.11. The second kappa shape index (κ2) is 5.90. The molecule has 1 atom stereocenters. The predicted molar refractivity (Wildman–Crippen MR) is 67.9 cm³/mol. The minimum atomic E-state index is 0.492. The van der Waals surface area contributed by atoms with Crippen molar-refractivity contribution in [1.82, 2.24) is 0 Å². The molecule has 0 saturated carbocycles. The Morgan fingerprint density at radius 3 is 3.00 bits per heavy atom. The van der Waals surface area contributed by atoms with Gasteiger partial charge in [-0.15, -0.1) is 0 Å². The number of ether oxygens (including phenoxy) is 1. The van der Waals surface area contributed by atoms with E-state index in [0.29, 0.717) is 6.04 Å². The van der Waals surface area contributed by atoms with E-state index in [9.17, 15) is 0 Å². The molecule has 0 radical (unpaired) electrons. The van der Waals surface area contributed by atoms with Crippen LogP contribution >= 0.6 is 0 Å². The predicted octanol–water partition coefficient (Wildman–Crippen LogP) is 3.23. The van der Waals surface area contributed by atoms with Crippen LogP contribution in [0.1, 0.15) is 31.7 Å². The third-order valence-corrected chi connectivity index (χ3v) is 3.06. The smallest absolute Gasteiger partial charge is 0.0667 e. The minimum absolute atomic E-state index is 0.492. The molecular weight excluding hydrogens is 198 g/mol. The van der Waals surface area contributed by atoms with E-state index in [1.165, 1.54) is 30.5 Å². The number of hydrogen-bond donors (Lipinski definition) is 1. The Bertz CT molecular complexity index is 318. The average Bonchev–Trinajstić information content (AvgIpc) is 2.33. The molecule has 2 nitrogen and oxygen atoms in total. The summed E-state index contributed by atoms with van der Waals surface area (Å²) in [4.78, 5) is 0. The molecule has 0 aliphatic carbocycles. The molecule has 1 aromatic rings. The normalized spacial score (nSPS) is 20.7. The number of para-hydroxylation sites is 1. The van der Waals surface area contributed by atoms with E-state index in [1.54, 1.807) is 0 Å². The van der Waals surface area contributed by atoms with Crippen LogP contribution in [0.3, 0.4) is 0 Å². The van der Waals surface area contributed by atoms with Gasteiger partial charge in [-0.3, -0.25) is 0 Å². The molecule has 88 valence electrons. The van der Waals surface area contributed by atoms with E-state index in [1.807, 2.05) is 0 Å². The van der Waals surface area contributed by atoms with E-state index in [-0.39, 0.29) is 0 Å². The fourth-order valence-corrected chi connectivity index (χ4v) is 2.22. The van der Waals surface area contributed by atoms with Crippen molar-refractivity contribution in [1.29, 1.82) is 0 Å². The summed E-state index contributed by atoms with van der Waals surface area (Å²) in [6.07, 6.45) is 4.74. The van der Waals surface area contributed by atoms with E-state index < -0.39 is 0 Å². The molecule has 2 heteroatoms. The SMILES string of the molecule is CCCc1ccccc1NC1CCCOC1. The zero-order valence-electron chi connectivity index (χ0n) is 10.0. The van der Waals surface area contributed by atoms with Gasteiger partial charge in [0.2, 0.25) is 0 Å². The average molecular weight is 219 g/mol. The molecule has 1 aromatic carbocycles. The van der Waals surface area contributed by atoms with Gasteiger partial charge in [0, 0.05) is 18.3 Å². The lowest BCUT2D eigenvalue weighted by Gasteiger charge is -2.25. The summed E-state index contributed by atoms with van der Waals surface area (Å²) in [6.45, 7) is 4.00. The molecule has 0 bridgehead atoms. The number of rotatable bonds is 4. The van der Waals surface area contributed by atoms with Gasteiger partial charge in [-0.05, 0) is 30.9 Å². The molecule has 1 N–H and O–H groups in total. The molecule has 1 aliphatic heterocycles. The maximum absolute atomic E-state index is 5.49. The Hall–Kier alpha value is -1.02. The summed E-state index contributed by atoms with van der Waals surface area (Å²) in [5.74, 6) is 0. The monoisotopic (exact) mass is 219 g/mol. The van der Waals surface area contributed by atoms with Gasteiger partial charge < -0.3 is 10.1 Å². The van der Waals surface area contributed by atoms with Gasteiger partial charge in [-0.2, -0.15) is 0 Å². The van der Waals surface area contributed by atoms with Gasteiger partial charge in [0.15, 0.2) is 0 Å². The topological polar surface area (TPSA) is 21.3 Å². The fourth-order valence-electron chi connectivity index (χ4n) is 2.22. The van der Waals surface area contributed by atoms with Crippen molar-refractivity contribution < 1.29 is 4.74 Å². The molecular formula is C14H21NO. The summed E-state index contributed by atoms with van der Waals surface area (Å²) in [5, 5.41) is 3.61. The zero-order valence-corrected chi connectivity index (χ0v) is 10.0. The number of aryl methyl sites for hydroxylation is 1. The zero-order chi connectivity index (χ0) is 11.2. The van der Waals surface area contributed by atoms with Gasteiger partial charge in [-0.25, -0.2) is 0 Å². The maximum Gasteiger partial charge on any atom is 0.0667 e. The van der Waals surface area contributed by atoms with Crippen LogP contribution in [0.5, 0.6) is 0 Å². The second-order valence-electron chi connectivity index (χ2n) is 4.47. The molecule has 0 spiro atoms. The largest absolute Gasteiger partial charge is 0.380 e. The molecule has 1 aliphatic rings. The number of benzene rings is 1. The first-order valence-electron chi connectivity index (χ1n) is 6.32. The summed E-state index contributed by atoms with van der Waals surface area (Å²) in [7, 11) is 0. The van der Waals surface area contributed by atoms with Crippen LogP contribution in [-0.4, -0.2) is 19.3 Å². The first-order chi connectivity index (χ1) is 7.90. The Balaban J connectivity index is 2.01. The van der Waals surface area contributed by atoms with Crippen molar-refractivity contribution in [3.05, 3.63) is 29.8 Å². The molecule has 0 aromatic heterocycles. The molecule has 2 rings (SSSR count). The van der Waals surface area contributed by atoms with Crippen molar-refractivity contribution in [3.63, 3.8) is 0 Å². The molecule has 1 heterocycles. The van der Waals surface area contributed by atoms with Crippen LogP contribution in [0, 0.1) is 0 Å². The van der Waals surface area contributed by atoms with E-state index >= 15 is 0 Å². The van der Waals surface area contributed by atoms with E-state index in [0.717, 1.165) is 19.6 Å². The highest BCUT2D eigenvalue weighted by Crippen LogP contribution is 2.20. The second-order valence-corrected chi connectivity index (χ2v) is 4.47. The Morgan fingerprint density at radius 2 is 2.25 bits per heavy atom. The van der Waals surface area contributed by atoms with Crippen molar-refractivity contribution >= 4 is 5.69 Å². The lowest BCUT2D eigenvalue weighted by Crippen LogP contribution is -2.30. The molecule has 1 unspecified atom stereocenters. The number of hydrogen-bond acceptors (Lipinski definition) is 2. The van der Waals surface area contributed by atoms with Crippen LogP contribution < -0.4 is 5.32 Å². The molecule has 1 saturated heterocycles. The van der Waals surface area contributed by atoms with E-state index in [2.05, 4.69) is 36.5 Å². The van der Waals surface area contributed by atoms with Crippen LogP contribution in [-0.2, 0) is 11.2 Å². The fraction of sp³-hybridized carbons (Fsp3) is 0.571. The van der Waals surface area contributed by atoms with Gasteiger partial charge in [-0.1, -0.05) is 31.5 Å². The van der Waals surface area contributed by atoms with Gasteiger partial charge >= 0.3 is 0 Å². The Morgan fingerprint density at radius 1 is 1.38 bits per heavy atom. The van der Waals surface area contributed by atoms with Crippen molar-refractivity contribution in [2.45, 2.75) is 38.6 Å². The van der Waals surface area contributed by atoms with Crippen LogP contribution in [0.15, 0.2) is 24.3 Å². The number of nitrogens with one attached hydrogen (secondary N) is 1. The summed E-state index contributed by atoms with van der Waals surface area (Å²) >= 11 is 0. The lowest BCUT2D eigenvalue weighted by molar-refractivity contribution is 0.0876. The number of anilines is 1. The maximum atomic E-state index is 5.49. The van der Waals surface area contributed by atoms with E-state index in [4.69, 9.17) is 4.74 Å². The highest BCUT2D eigenvalue weighted by molar-refractivity contribution is 5.51. The standard InChI is InChI=1S/C14H21NO/c1-2-6-12-7-3-4-9-14(12)15-13-8-5-10-16-11-13/h3-4,7,9,13,15H,2,5-6,8,10-11H2,1H3. The van der Waals surface area contributed by atoms with Gasteiger partial charge in [0.05, 0.1) is 6.61 Å². The lowest BCUT2D eigenvalue weighted by atomic mass is 10.1. The first-order valence-corrected chi connectivity index (χ1v) is 6.32. The Kier molecular flexibility index (Phi) is 4.23. The highest BCUT2D eigenvalue weighted by Gasteiger charge is 2.14. The molecule has 1 fully saturated rings.